The van der Waals surface area contributed by atoms with Crippen molar-refractivity contribution >= 4 is 29.5 Å². The number of thioether (sulfide) groups is 2. The van der Waals surface area contributed by atoms with Crippen molar-refractivity contribution in [1.82, 2.24) is 9.97 Å². The van der Waals surface area contributed by atoms with Crippen molar-refractivity contribution in [3.63, 3.8) is 0 Å². The van der Waals surface area contributed by atoms with E-state index >= 15 is 0 Å². The molecule has 1 aliphatic rings. The number of carboxylic acid groups (broad SMARTS) is 1. The highest BCUT2D eigenvalue weighted by Gasteiger charge is 2.25. The van der Waals surface area contributed by atoms with Crippen LogP contribution in [0.3, 0.4) is 0 Å². The quantitative estimate of drug-likeness (QED) is 0.625. The van der Waals surface area contributed by atoms with Gasteiger partial charge in [-0.1, -0.05) is 11.8 Å². The van der Waals surface area contributed by atoms with E-state index in [0.717, 1.165) is 16.4 Å². The number of hydrogen-bond donors (Lipinski definition) is 1. The van der Waals surface area contributed by atoms with Crippen LogP contribution in [0.15, 0.2) is 11.4 Å². The Balaban J connectivity index is 2.24. The molecule has 6 heteroatoms. The molecule has 0 bridgehead atoms. The second-order valence-corrected chi connectivity index (χ2v) is 5.14. The third kappa shape index (κ3) is 2.26. The fraction of sp³-hybridized carbons (Fsp3) is 0.444. The minimum atomic E-state index is -0.750. The van der Waals surface area contributed by atoms with Crippen LogP contribution in [0.2, 0.25) is 0 Å². The maximum absolute atomic E-state index is 10.8. The molecule has 0 saturated carbocycles. The molecule has 0 fully saturated rings. The van der Waals surface area contributed by atoms with E-state index in [1.807, 2.05) is 6.26 Å². The number of carboxylic acids is 1. The number of aliphatic carboxylic acids is 1. The van der Waals surface area contributed by atoms with E-state index in [1.54, 1.807) is 6.20 Å². The molecule has 0 spiro atoms. The first-order chi connectivity index (χ1) is 7.20. The fourth-order valence-electron chi connectivity index (χ4n) is 1.41. The normalized spacial score (nSPS) is 19.7. The average molecular weight is 242 g/mol. The Bertz CT molecular complexity index is 398. The molecule has 1 aromatic heterocycles. The van der Waals surface area contributed by atoms with E-state index in [-0.39, 0.29) is 5.25 Å². The van der Waals surface area contributed by atoms with Gasteiger partial charge < -0.3 is 5.11 Å². The number of nitrogens with zero attached hydrogens (tertiary/aromatic N) is 2. The summed E-state index contributed by atoms with van der Waals surface area (Å²) in [6, 6.07) is 0. The summed E-state index contributed by atoms with van der Waals surface area (Å²) in [6.45, 7) is 0. The Hall–Kier alpha value is -0.750. The SMILES string of the molecule is CSc1ncc2c(n1)CSC(C(=O)O)C2. The molecule has 4 nitrogen and oxygen atoms in total. The molecule has 0 aliphatic carbocycles. The number of rotatable bonds is 2. The van der Waals surface area contributed by atoms with E-state index in [1.165, 1.54) is 23.5 Å². The summed E-state index contributed by atoms with van der Waals surface area (Å²) in [5.41, 5.74) is 1.95. The molecule has 1 N–H and O–H groups in total. The van der Waals surface area contributed by atoms with Crippen molar-refractivity contribution < 1.29 is 9.90 Å². The minimum Gasteiger partial charge on any atom is -0.480 e. The molecule has 1 aliphatic heterocycles. The third-order valence-electron chi connectivity index (χ3n) is 2.22. The Morgan fingerprint density at radius 1 is 1.73 bits per heavy atom. The monoisotopic (exact) mass is 242 g/mol. The average Bonchev–Trinajstić information content (AvgIpc) is 2.27. The lowest BCUT2D eigenvalue weighted by molar-refractivity contribution is -0.136. The van der Waals surface area contributed by atoms with E-state index in [2.05, 4.69) is 9.97 Å². The highest BCUT2D eigenvalue weighted by atomic mass is 32.2. The van der Waals surface area contributed by atoms with Gasteiger partial charge in [0.1, 0.15) is 5.25 Å². The predicted molar refractivity (Wildman–Crippen MR) is 60.2 cm³/mol. The van der Waals surface area contributed by atoms with Crippen molar-refractivity contribution in [2.45, 2.75) is 22.6 Å². The second kappa shape index (κ2) is 4.40. The Labute approximate surface area is 95.9 Å². The summed E-state index contributed by atoms with van der Waals surface area (Å²) in [5, 5.41) is 9.31. The Kier molecular flexibility index (Phi) is 3.16. The van der Waals surface area contributed by atoms with Gasteiger partial charge in [0.05, 0.1) is 5.69 Å². The van der Waals surface area contributed by atoms with Crippen LogP contribution in [0.5, 0.6) is 0 Å². The predicted octanol–water partition coefficient (Wildman–Crippen LogP) is 1.44. The van der Waals surface area contributed by atoms with Crippen molar-refractivity contribution in [3.05, 3.63) is 17.5 Å². The number of hydrogen-bond acceptors (Lipinski definition) is 5. The van der Waals surface area contributed by atoms with Crippen LogP contribution in [0, 0.1) is 0 Å². The summed E-state index contributed by atoms with van der Waals surface area (Å²) in [6.07, 6.45) is 4.21. The summed E-state index contributed by atoms with van der Waals surface area (Å²) >= 11 is 2.94. The molecule has 2 rings (SSSR count). The van der Waals surface area contributed by atoms with Crippen LogP contribution in [-0.4, -0.2) is 32.5 Å². The first-order valence-corrected chi connectivity index (χ1v) is 6.71. The zero-order valence-electron chi connectivity index (χ0n) is 8.14. The van der Waals surface area contributed by atoms with E-state index in [9.17, 15) is 4.79 Å². The Morgan fingerprint density at radius 2 is 2.53 bits per heavy atom. The smallest absolute Gasteiger partial charge is 0.316 e. The molecular formula is C9H10N2O2S2. The van der Waals surface area contributed by atoms with Gasteiger partial charge in [0.2, 0.25) is 0 Å². The van der Waals surface area contributed by atoms with E-state index in [4.69, 9.17) is 5.11 Å². The van der Waals surface area contributed by atoms with Gasteiger partial charge in [-0.05, 0) is 18.2 Å². The molecule has 1 atom stereocenters. The maximum atomic E-state index is 10.8. The number of carbonyl (C=O) groups is 1. The van der Waals surface area contributed by atoms with Gasteiger partial charge in [-0.15, -0.1) is 11.8 Å². The van der Waals surface area contributed by atoms with Crippen molar-refractivity contribution in [1.29, 1.82) is 0 Å². The molecule has 0 aromatic carbocycles. The van der Waals surface area contributed by atoms with Gasteiger partial charge in [0, 0.05) is 11.9 Å². The second-order valence-electron chi connectivity index (χ2n) is 3.17. The Morgan fingerprint density at radius 3 is 3.20 bits per heavy atom. The molecule has 1 unspecified atom stereocenters. The number of aromatic nitrogens is 2. The lowest BCUT2D eigenvalue weighted by atomic mass is 10.1. The van der Waals surface area contributed by atoms with Crippen LogP contribution in [0.25, 0.3) is 0 Å². The van der Waals surface area contributed by atoms with E-state index < -0.39 is 5.97 Å². The van der Waals surface area contributed by atoms with Crippen LogP contribution in [0.1, 0.15) is 11.3 Å². The fourth-order valence-corrected chi connectivity index (χ4v) is 2.82. The zero-order valence-corrected chi connectivity index (χ0v) is 9.77. The summed E-state index contributed by atoms with van der Waals surface area (Å²) in [5.74, 6) is -0.0813. The zero-order chi connectivity index (χ0) is 10.8. The van der Waals surface area contributed by atoms with Crippen molar-refractivity contribution in [3.8, 4) is 0 Å². The first kappa shape index (κ1) is 10.8. The molecule has 0 saturated heterocycles. The van der Waals surface area contributed by atoms with Gasteiger partial charge in [0.15, 0.2) is 5.16 Å². The van der Waals surface area contributed by atoms with Gasteiger partial charge in [-0.3, -0.25) is 4.79 Å². The largest absolute Gasteiger partial charge is 0.480 e. The van der Waals surface area contributed by atoms with Crippen molar-refractivity contribution in [2.75, 3.05) is 6.26 Å². The maximum Gasteiger partial charge on any atom is 0.316 e. The summed E-state index contributed by atoms with van der Waals surface area (Å²) in [4.78, 5) is 19.3. The minimum absolute atomic E-state index is 0.346. The van der Waals surface area contributed by atoms with Gasteiger partial charge in [0.25, 0.3) is 0 Å². The van der Waals surface area contributed by atoms with Crippen molar-refractivity contribution in [2.24, 2.45) is 0 Å². The topological polar surface area (TPSA) is 63.1 Å². The summed E-state index contributed by atoms with van der Waals surface area (Å²) < 4.78 is 0. The number of fused-ring (bicyclic) bond motifs is 1. The molecule has 0 amide bonds. The lowest BCUT2D eigenvalue weighted by Gasteiger charge is -2.19. The molecule has 15 heavy (non-hydrogen) atoms. The van der Waals surface area contributed by atoms with Crippen LogP contribution in [-0.2, 0) is 17.0 Å². The van der Waals surface area contributed by atoms with Crippen LogP contribution >= 0.6 is 23.5 Å². The molecule has 80 valence electrons. The highest BCUT2D eigenvalue weighted by molar-refractivity contribution is 7.99. The standard InChI is InChI=1S/C9H10N2O2S2/c1-14-9-10-3-5-2-7(8(12)13)15-4-6(5)11-9/h3,7H,2,4H2,1H3,(H,12,13). The highest BCUT2D eigenvalue weighted by Crippen LogP contribution is 2.29. The first-order valence-electron chi connectivity index (χ1n) is 4.44. The third-order valence-corrected chi connectivity index (χ3v) is 3.99. The molecular weight excluding hydrogens is 232 g/mol. The lowest BCUT2D eigenvalue weighted by Crippen LogP contribution is -2.24. The molecule has 0 radical (unpaired) electrons. The summed E-state index contributed by atoms with van der Waals surface area (Å²) in [7, 11) is 0. The van der Waals surface area contributed by atoms with E-state index in [0.29, 0.717) is 12.2 Å². The van der Waals surface area contributed by atoms with Crippen LogP contribution < -0.4 is 0 Å². The van der Waals surface area contributed by atoms with Crippen LogP contribution in [0.4, 0.5) is 0 Å². The molecule has 1 aromatic rings. The van der Waals surface area contributed by atoms with Gasteiger partial charge >= 0.3 is 5.97 Å². The van der Waals surface area contributed by atoms with Gasteiger partial charge in [-0.2, -0.15) is 0 Å². The molecule has 2 heterocycles. The van der Waals surface area contributed by atoms with Gasteiger partial charge in [-0.25, -0.2) is 9.97 Å².